The lowest BCUT2D eigenvalue weighted by Gasteiger charge is -2.32. The van der Waals surface area contributed by atoms with E-state index in [-0.39, 0.29) is 0 Å². The van der Waals surface area contributed by atoms with Crippen LogP contribution >= 0.6 is 0 Å². The molecule has 3 rings (SSSR count). The highest BCUT2D eigenvalue weighted by Gasteiger charge is 2.23. The molecule has 3 nitrogen and oxygen atoms in total. The summed E-state index contributed by atoms with van der Waals surface area (Å²) >= 11 is 0. The molecule has 0 aromatic carbocycles. The molecule has 0 saturated carbocycles. The fourth-order valence-corrected chi connectivity index (χ4v) is 2.87. The minimum atomic E-state index is 0.331. The van der Waals surface area contributed by atoms with Gasteiger partial charge >= 0.3 is 0 Å². The average molecular weight is 218 g/mol. The third kappa shape index (κ3) is 1.55. The van der Waals surface area contributed by atoms with E-state index in [1.54, 1.807) is 0 Å². The Morgan fingerprint density at radius 3 is 2.62 bits per heavy atom. The van der Waals surface area contributed by atoms with Crippen molar-refractivity contribution in [2.75, 3.05) is 18.1 Å². The molecule has 0 bridgehead atoms. The van der Waals surface area contributed by atoms with E-state index < -0.39 is 0 Å². The predicted octanol–water partition coefficient (Wildman–Crippen LogP) is 2.13. The summed E-state index contributed by atoms with van der Waals surface area (Å²) in [6, 6.07) is 2.01. The number of carbonyl (C=O) groups excluding carboxylic acids is 1. The van der Waals surface area contributed by atoms with Crippen molar-refractivity contribution in [2.45, 2.75) is 38.5 Å². The minimum Gasteiger partial charge on any atom is -0.313 e. The number of piperidine rings is 1. The molecular formula is C13H18N2O. The Morgan fingerprint density at radius 2 is 1.81 bits per heavy atom. The molecule has 2 aliphatic rings. The van der Waals surface area contributed by atoms with Gasteiger partial charge in [0.25, 0.3) is 0 Å². The second kappa shape index (κ2) is 3.96. The number of fused-ring (bicyclic) bond motifs is 1. The number of carbonyl (C=O) groups is 1. The molecule has 1 fully saturated rings. The summed E-state index contributed by atoms with van der Waals surface area (Å²) in [6.45, 7) is 2.27. The molecule has 1 aromatic heterocycles. The summed E-state index contributed by atoms with van der Waals surface area (Å²) in [7, 11) is 0. The van der Waals surface area contributed by atoms with Crippen LogP contribution in [-0.2, 0) is 6.42 Å². The zero-order valence-electron chi connectivity index (χ0n) is 9.61. The van der Waals surface area contributed by atoms with Crippen molar-refractivity contribution < 1.29 is 4.79 Å². The molecule has 1 aliphatic heterocycles. The van der Waals surface area contributed by atoms with Gasteiger partial charge in [-0.1, -0.05) is 0 Å². The van der Waals surface area contributed by atoms with E-state index >= 15 is 0 Å². The summed E-state index contributed by atoms with van der Waals surface area (Å²) in [5.41, 5.74) is 2.22. The lowest BCUT2D eigenvalue weighted by molar-refractivity contribution is 0.0971. The molecule has 2 heterocycles. The van der Waals surface area contributed by atoms with Gasteiger partial charge in [0.2, 0.25) is 0 Å². The van der Waals surface area contributed by atoms with Crippen LogP contribution in [0.3, 0.4) is 0 Å². The third-order valence-electron chi connectivity index (χ3n) is 3.72. The van der Waals surface area contributed by atoms with Gasteiger partial charge in [-0.05, 0) is 38.2 Å². The zero-order chi connectivity index (χ0) is 11.0. The SMILES string of the molecule is O=C1CCCc2c1ccn2N1CCCCC1. The van der Waals surface area contributed by atoms with Crippen molar-refractivity contribution in [3.8, 4) is 0 Å². The van der Waals surface area contributed by atoms with Crippen molar-refractivity contribution >= 4 is 5.78 Å². The van der Waals surface area contributed by atoms with Gasteiger partial charge in [0.05, 0.1) is 5.69 Å². The maximum Gasteiger partial charge on any atom is 0.164 e. The van der Waals surface area contributed by atoms with Crippen LogP contribution in [0.4, 0.5) is 0 Å². The first-order chi connectivity index (χ1) is 7.86. The maximum atomic E-state index is 11.7. The first-order valence-corrected chi connectivity index (χ1v) is 6.35. The van der Waals surface area contributed by atoms with E-state index in [0.717, 1.165) is 37.9 Å². The molecule has 1 aliphatic carbocycles. The van der Waals surface area contributed by atoms with Gasteiger partial charge in [-0.25, -0.2) is 0 Å². The van der Waals surface area contributed by atoms with E-state index in [0.29, 0.717) is 5.78 Å². The smallest absolute Gasteiger partial charge is 0.164 e. The van der Waals surface area contributed by atoms with Gasteiger partial charge in [-0.2, -0.15) is 0 Å². The molecule has 0 N–H and O–H groups in total. The van der Waals surface area contributed by atoms with Crippen LogP contribution in [0.25, 0.3) is 0 Å². The highest BCUT2D eigenvalue weighted by Crippen LogP contribution is 2.23. The number of Topliss-reactive ketones (excluding diaryl/α,β-unsaturated/α-hetero) is 1. The van der Waals surface area contributed by atoms with Crippen molar-refractivity contribution in [1.29, 1.82) is 0 Å². The first kappa shape index (κ1) is 9.94. The lowest BCUT2D eigenvalue weighted by atomic mass is 9.97. The minimum absolute atomic E-state index is 0.331. The summed E-state index contributed by atoms with van der Waals surface area (Å²) in [6.07, 6.45) is 8.80. The Bertz CT molecular complexity index is 402. The highest BCUT2D eigenvalue weighted by atomic mass is 16.1. The molecule has 0 amide bonds. The number of ketones is 1. The number of nitrogens with zero attached hydrogens (tertiary/aromatic N) is 2. The average Bonchev–Trinajstić information content (AvgIpc) is 2.75. The molecule has 3 heteroatoms. The predicted molar refractivity (Wildman–Crippen MR) is 63.5 cm³/mol. The normalized spacial score (nSPS) is 21.0. The molecule has 0 spiro atoms. The van der Waals surface area contributed by atoms with Crippen LogP contribution in [0.15, 0.2) is 12.3 Å². The first-order valence-electron chi connectivity index (χ1n) is 6.35. The number of rotatable bonds is 1. The Balaban J connectivity index is 1.92. The van der Waals surface area contributed by atoms with Crippen molar-refractivity contribution in [3.63, 3.8) is 0 Å². The Kier molecular flexibility index (Phi) is 2.46. The highest BCUT2D eigenvalue weighted by molar-refractivity contribution is 5.98. The topological polar surface area (TPSA) is 25.2 Å². The Morgan fingerprint density at radius 1 is 1.00 bits per heavy atom. The summed E-state index contributed by atoms with van der Waals surface area (Å²) in [5, 5.41) is 2.39. The second-order valence-corrected chi connectivity index (χ2v) is 4.81. The molecular weight excluding hydrogens is 200 g/mol. The molecule has 1 saturated heterocycles. The van der Waals surface area contributed by atoms with Crippen molar-refractivity contribution in [2.24, 2.45) is 0 Å². The van der Waals surface area contributed by atoms with Crippen molar-refractivity contribution in [1.82, 2.24) is 4.68 Å². The Hall–Kier alpha value is -1.25. The van der Waals surface area contributed by atoms with Gasteiger partial charge in [-0.3, -0.25) is 9.47 Å². The molecule has 86 valence electrons. The van der Waals surface area contributed by atoms with Crippen LogP contribution in [0.2, 0.25) is 0 Å². The summed E-state index contributed by atoms with van der Waals surface area (Å²) in [5.74, 6) is 0.331. The van der Waals surface area contributed by atoms with Gasteiger partial charge in [-0.15, -0.1) is 0 Å². The number of hydrogen-bond donors (Lipinski definition) is 0. The van der Waals surface area contributed by atoms with Crippen LogP contribution < -0.4 is 5.01 Å². The zero-order valence-corrected chi connectivity index (χ0v) is 9.61. The van der Waals surface area contributed by atoms with Crippen LogP contribution in [-0.4, -0.2) is 23.5 Å². The van der Waals surface area contributed by atoms with E-state index in [1.165, 1.54) is 25.0 Å². The monoisotopic (exact) mass is 218 g/mol. The van der Waals surface area contributed by atoms with E-state index in [9.17, 15) is 4.79 Å². The van der Waals surface area contributed by atoms with E-state index in [1.807, 2.05) is 6.07 Å². The lowest BCUT2D eigenvalue weighted by Crippen LogP contribution is -2.40. The largest absolute Gasteiger partial charge is 0.313 e. The number of hydrogen-bond acceptors (Lipinski definition) is 2. The van der Waals surface area contributed by atoms with Gasteiger partial charge in [0, 0.05) is 31.3 Å². The summed E-state index contributed by atoms with van der Waals surface area (Å²) < 4.78 is 2.24. The van der Waals surface area contributed by atoms with Crippen LogP contribution in [0.1, 0.15) is 48.2 Å². The quantitative estimate of drug-likeness (QED) is 0.721. The van der Waals surface area contributed by atoms with Gasteiger partial charge in [0.15, 0.2) is 5.78 Å². The second-order valence-electron chi connectivity index (χ2n) is 4.81. The standard InChI is InChI=1S/C13H18N2O/c16-13-6-4-5-12-11(13)7-10-15(12)14-8-2-1-3-9-14/h7,10H,1-6,8-9H2. The fourth-order valence-electron chi connectivity index (χ4n) is 2.87. The van der Waals surface area contributed by atoms with Crippen LogP contribution in [0, 0.1) is 0 Å². The van der Waals surface area contributed by atoms with E-state index in [2.05, 4.69) is 15.9 Å². The Labute approximate surface area is 96.0 Å². The van der Waals surface area contributed by atoms with Crippen molar-refractivity contribution in [3.05, 3.63) is 23.5 Å². The van der Waals surface area contributed by atoms with E-state index in [4.69, 9.17) is 0 Å². The van der Waals surface area contributed by atoms with Crippen LogP contribution in [0.5, 0.6) is 0 Å². The molecule has 0 radical (unpaired) electrons. The third-order valence-corrected chi connectivity index (χ3v) is 3.72. The maximum absolute atomic E-state index is 11.7. The molecule has 0 atom stereocenters. The number of aromatic nitrogens is 1. The summed E-state index contributed by atoms with van der Waals surface area (Å²) in [4.78, 5) is 11.7. The molecule has 0 unspecified atom stereocenters. The molecule has 1 aromatic rings. The van der Waals surface area contributed by atoms with Gasteiger partial charge < -0.3 is 5.01 Å². The van der Waals surface area contributed by atoms with Gasteiger partial charge in [0.1, 0.15) is 0 Å². The molecule has 16 heavy (non-hydrogen) atoms. The fraction of sp³-hybridized carbons (Fsp3) is 0.615.